The van der Waals surface area contributed by atoms with Crippen molar-refractivity contribution in [1.29, 1.82) is 0 Å². The van der Waals surface area contributed by atoms with E-state index in [0.717, 1.165) is 285 Å². The molecular weight excluding hydrogens is 1780 g/mol. The summed E-state index contributed by atoms with van der Waals surface area (Å²) < 4.78 is 12.5. The average molecular weight is 1910 g/mol. The summed E-state index contributed by atoms with van der Waals surface area (Å²) in [4.78, 5) is 114. The number of aromatic nitrogens is 12. The van der Waals surface area contributed by atoms with Crippen LogP contribution in [-0.4, -0.2) is 201 Å². The predicted molar refractivity (Wildman–Crippen MR) is 565 cm³/mol. The van der Waals surface area contributed by atoms with Gasteiger partial charge in [0.05, 0.1) is 78.9 Å². The number of benzene rings is 10. The number of carbonyl (C=O) groups is 6. The van der Waals surface area contributed by atoms with Crippen molar-refractivity contribution in [2.75, 3.05) is 78.5 Å². The van der Waals surface area contributed by atoms with Gasteiger partial charge < -0.3 is 38.5 Å². The number of aryl methyl sites for hydroxylation is 3. The summed E-state index contributed by atoms with van der Waals surface area (Å²) in [7, 11) is 0. The van der Waals surface area contributed by atoms with Crippen molar-refractivity contribution >= 4 is 113 Å². The number of unbranched alkanes of at least 4 members (excludes halogenated alkanes) is 1. The summed E-state index contributed by atoms with van der Waals surface area (Å²) in [5.74, 6) is 0.780. The van der Waals surface area contributed by atoms with Gasteiger partial charge >= 0.3 is 0 Å². The van der Waals surface area contributed by atoms with Crippen LogP contribution < -0.4 is 0 Å². The number of fused-ring (bicyclic) bond motifs is 6. The molecule has 0 unspecified atom stereocenters. The van der Waals surface area contributed by atoms with Crippen molar-refractivity contribution in [3.8, 4) is 22.7 Å². The first-order chi connectivity index (χ1) is 68.4. The average Bonchev–Trinajstić information content (AvgIpc) is 1.66. The van der Waals surface area contributed by atoms with Gasteiger partial charge in [-0.25, -0.2) is 29.9 Å². The fourth-order valence-corrected chi connectivity index (χ4v) is 19.7. The van der Waals surface area contributed by atoms with Crippen LogP contribution in [0.25, 0.3) is 88.9 Å². The number of nitrogens with zero attached hydrogens (tertiary/aromatic N) is 18. The highest BCUT2D eigenvalue weighted by Crippen LogP contribution is 2.33. The SMILES string of the molecule is CC(C)(C)c1ccc(-n2cnc3cc(C(=O)N4CCCCC4)ccc32)cc1.CC(C)(C)n1cnc2cc(C(=O)N3CCCCC3)ccc21.CCCCn1cnc2cc(C(=O)N3CCCCC3)ccc21.Cc1ccc(-n2cnc3cc(C(=O)N4CCCCC4)ccc32)cc1.Cc1ccc(-n2cnc3cc(C(=O)N4CCCCC4)ccc32)cc1.O=C(c1ccc2c(c1)ncn2-c1ccc(Cl)cc1)N1CCCCC1. The van der Waals surface area contributed by atoms with E-state index in [1.807, 2.05) is 199 Å². The highest BCUT2D eigenvalue weighted by molar-refractivity contribution is 6.30. The van der Waals surface area contributed by atoms with Crippen LogP contribution in [0.3, 0.4) is 0 Å². The number of likely N-dealkylation sites (tertiary alicyclic amines) is 6. The van der Waals surface area contributed by atoms with Crippen LogP contribution in [0.2, 0.25) is 5.02 Å². The van der Waals surface area contributed by atoms with Gasteiger partial charge in [-0.05, 0) is 337 Å². The van der Waals surface area contributed by atoms with Gasteiger partial charge in [0.15, 0.2) is 0 Å². The summed E-state index contributed by atoms with van der Waals surface area (Å²) >= 11 is 5.95. The standard InChI is InChI=1S/C23H27N3O.2C20H21N3O.C19H18ClN3O.2C17H23N3O/c1-23(2,3)18-8-10-19(11-9-18)26-16-24-20-15-17(7-12-21(20)26)22(27)25-13-5-4-6-14-25;2*1-15-5-8-17(9-6-15)23-14-21-18-13-16(7-10-19(18)23)20(24)22-11-3-2-4-12-22;20-15-5-7-16(8-6-15)23-13-21-17-12-14(4-9-18(17)23)19(24)22-10-2-1-3-11-22;1-17(2,3)20-12-18-14-11-13(7-8-15(14)20)16(21)19-9-5-4-6-10-19;1-2-3-9-20-13-18-15-12-14(7-8-16(15)20)17(21)19-10-5-4-6-11-19/h7-12,15-16H,4-6,13-14H2,1-3H3;2*5-10,13-14H,2-4,11-12H2,1H3;4-9,12-13H,1-3,10-11H2;7-8,11-12H,4-6,9-10H2,1-3H3;7-8,12-13H,2-6,9-11H2,1H3. The number of hydrogen-bond acceptors (Lipinski definition) is 12. The fourth-order valence-electron chi connectivity index (χ4n) is 19.6. The van der Waals surface area contributed by atoms with Crippen LogP contribution >= 0.6 is 11.6 Å². The molecule has 0 bridgehead atoms. The number of carbonyl (C=O) groups excluding carboxylic acids is 6. The number of hydrogen-bond donors (Lipinski definition) is 0. The lowest BCUT2D eigenvalue weighted by atomic mass is 9.87. The number of amides is 6. The minimum Gasteiger partial charge on any atom is -0.339 e. The van der Waals surface area contributed by atoms with Crippen LogP contribution in [0, 0.1) is 13.8 Å². The monoisotopic (exact) mass is 1910 g/mol. The fraction of sp³-hybridized carbons (Fsp3) is 0.379. The Morgan fingerprint density at radius 2 is 0.511 bits per heavy atom. The van der Waals surface area contributed by atoms with Gasteiger partial charge in [0.1, 0.15) is 25.3 Å². The van der Waals surface area contributed by atoms with Gasteiger partial charge in [-0.1, -0.05) is 93.2 Å². The van der Waals surface area contributed by atoms with Gasteiger partial charge in [-0.3, -0.25) is 47.0 Å². The zero-order valence-corrected chi connectivity index (χ0v) is 84.1. The summed E-state index contributed by atoms with van der Waals surface area (Å²) in [5, 5.41) is 0.706. The lowest BCUT2D eigenvalue weighted by molar-refractivity contribution is 0.0717. The van der Waals surface area contributed by atoms with Crippen molar-refractivity contribution in [3.63, 3.8) is 0 Å². The van der Waals surface area contributed by atoms with Crippen LogP contribution in [-0.2, 0) is 17.5 Å². The van der Waals surface area contributed by atoms with E-state index >= 15 is 0 Å². The second-order valence-electron chi connectivity index (χ2n) is 40.3. The van der Waals surface area contributed by atoms with Gasteiger partial charge in [-0.2, -0.15) is 0 Å². The molecule has 25 heteroatoms. The predicted octanol–water partition coefficient (Wildman–Crippen LogP) is 24.1. The molecule has 0 saturated carbocycles. The normalized spacial score (nSPS) is 15.3. The van der Waals surface area contributed by atoms with Crippen LogP contribution in [0.15, 0.2) is 244 Å². The van der Waals surface area contributed by atoms with Gasteiger partial charge in [0, 0.05) is 152 Å². The Bertz CT molecular complexity index is 6680. The lowest BCUT2D eigenvalue weighted by Gasteiger charge is -2.26. The molecule has 6 saturated heterocycles. The quantitative estimate of drug-likeness (QED) is 0.105. The Kier molecular flexibility index (Phi) is 31.6. The number of imidazole rings is 6. The van der Waals surface area contributed by atoms with E-state index in [9.17, 15) is 28.8 Å². The largest absolute Gasteiger partial charge is 0.339 e. The number of rotatable bonds is 13. The number of halogens is 1. The molecule has 0 radical (unpaired) electrons. The van der Waals surface area contributed by atoms with Crippen LogP contribution in [0.1, 0.15) is 256 Å². The lowest BCUT2D eigenvalue weighted by Crippen LogP contribution is -2.35. The molecule has 6 aliphatic heterocycles. The molecule has 141 heavy (non-hydrogen) atoms. The maximum Gasteiger partial charge on any atom is 0.253 e. The van der Waals surface area contributed by atoms with E-state index in [1.54, 1.807) is 6.33 Å². The van der Waals surface area contributed by atoms with Crippen LogP contribution in [0.4, 0.5) is 0 Å². The molecule has 0 N–H and O–H groups in total. The second kappa shape index (κ2) is 45.2. The van der Waals surface area contributed by atoms with Gasteiger partial charge in [0.25, 0.3) is 35.4 Å². The van der Waals surface area contributed by atoms with E-state index in [2.05, 4.69) is 188 Å². The Hall–Kier alpha value is -13.9. The number of piperidine rings is 6. The first kappa shape index (κ1) is 98.7. The van der Waals surface area contributed by atoms with Gasteiger partial charge in [0.2, 0.25) is 0 Å². The van der Waals surface area contributed by atoms with Crippen LogP contribution in [0.5, 0.6) is 0 Å². The first-order valence-electron chi connectivity index (χ1n) is 50.9. The third-order valence-corrected chi connectivity index (χ3v) is 28.2. The molecule has 6 amide bonds. The Balaban J connectivity index is 0.000000117. The first-order valence-corrected chi connectivity index (χ1v) is 51.3. The molecular formula is C116H133ClN18O6. The molecule has 22 rings (SSSR count). The zero-order valence-electron chi connectivity index (χ0n) is 83.3. The highest BCUT2D eigenvalue weighted by Gasteiger charge is 2.28. The molecule has 0 spiro atoms. The Morgan fingerprint density at radius 1 is 0.277 bits per heavy atom. The Labute approximate surface area is 832 Å². The molecule has 6 aliphatic rings. The maximum atomic E-state index is 12.7. The van der Waals surface area contributed by atoms with Crippen molar-refractivity contribution < 1.29 is 28.8 Å². The van der Waals surface area contributed by atoms with E-state index in [-0.39, 0.29) is 46.4 Å². The third-order valence-electron chi connectivity index (χ3n) is 27.9. The Morgan fingerprint density at radius 3 is 0.780 bits per heavy atom. The molecule has 10 aromatic carbocycles. The van der Waals surface area contributed by atoms with E-state index in [0.29, 0.717) is 10.6 Å². The second-order valence-corrected chi connectivity index (χ2v) is 40.8. The molecule has 0 atom stereocenters. The van der Waals surface area contributed by atoms with Crippen molar-refractivity contribution in [3.05, 3.63) is 299 Å². The molecule has 730 valence electrons. The molecule has 12 heterocycles. The summed E-state index contributed by atoms with van der Waals surface area (Å²) in [6.07, 6.45) is 34.0. The topological polar surface area (TPSA) is 229 Å². The minimum absolute atomic E-state index is 0.00680. The molecule has 6 fully saturated rings. The maximum absolute atomic E-state index is 12.7. The minimum atomic E-state index is -0.00680. The molecule has 24 nitrogen and oxygen atoms in total. The van der Waals surface area contributed by atoms with Crippen molar-refractivity contribution in [2.45, 2.75) is 208 Å². The van der Waals surface area contributed by atoms with E-state index in [1.165, 1.54) is 61.6 Å². The highest BCUT2D eigenvalue weighted by atomic mass is 35.5. The smallest absolute Gasteiger partial charge is 0.253 e. The van der Waals surface area contributed by atoms with E-state index in [4.69, 9.17) is 11.6 Å². The van der Waals surface area contributed by atoms with E-state index < -0.39 is 0 Å². The summed E-state index contributed by atoms with van der Waals surface area (Å²) in [6.45, 7) is 30.9. The molecule has 6 aromatic heterocycles. The molecule has 0 aliphatic carbocycles. The van der Waals surface area contributed by atoms with Gasteiger partial charge in [-0.15, -0.1) is 0 Å². The summed E-state index contributed by atoms with van der Waals surface area (Å²) in [6, 6.07) is 68.0. The molecule has 16 aromatic rings. The van der Waals surface area contributed by atoms with Crippen molar-refractivity contribution in [2.24, 2.45) is 0 Å². The summed E-state index contributed by atoms with van der Waals surface area (Å²) in [5.41, 5.74) is 24.1. The van der Waals surface area contributed by atoms with Crippen molar-refractivity contribution in [1.82, 2.24) is 86.7 Å². The zero-order chi connectivity index (χ0) is 98.3. The third kappa shape index (κ3) is 23.7.